The lowest BCUT2D eigenvalue weighted by molar-refractivity contribution is -0.121. The number of nitrogens with two attached hydrogens (primary N) is 1. The minimum Gasteiger partial charge on any atom is -0.396 e. The van der Waals surface area contributed by atoms with Crippen LogP contribution in [-0.2, 0) is 14.8 Å². The summed E-state index contributed by atoms with van der Waals surface area (Å²) in [6.45, 7) is -0.0157. The van der Waals surface area contributed by atoms with Crippen LogP contribution >= 0.6 is 0 Å². The number of nitrogen functional groups attached to an aromatic ring is 1. The first-order valence-corrected chi connectivity index (χ1v) is 7.71. The molecule has 8 heteroatoms. The maximum atomic E-state index is 13.0. The van der Waals surface area contributed by atoms with Crippen molar-refractivity contribution in [3.8, 4) is 0 Å². The van der Waals surface area contributed by atoms with E-state index in [2.05, 4.69) is 10.0 Å². The zero-order valence-electron chi connectivity index (χ0n) is 10.7. The number of halogens is 1. The van der Waals surface area contributed by atoms with Crippen LogP contribution in [0.2, 0.25) is 0 Å². The lowest BCUT2D eigenvalue weighted by Crippen LogP contribution is -2.31. The number of hydrogen-bond acceptors (Lipinski definition) is 4. The van der Waals surface area contributed by atoms with Gasteiger partial charge in [0.25, 0.3) is 0 Å². The van der Waals surface area contributed by atoms with Crippen molar-refractivity contribution in [1.82, 2.24) is 10.0 Å². The second-order valence-electron chi connectivity index (χ2n) is 4.67. The van der Waals surface area contributed by atoms with E-state index < -0.39 is 15.8 Å². The standard InChI is InChI=1S/C12H16FN3O3S/c13-10-4-3-9(7-11(10)14)20(18,19)15-6-5-12(17)16-8-1-2-8/h3-4,7-8,15H,1-2,5-6,14H2,(H,16,17). The van der Waals surface area contributed by atoms with Crippen LogP contribution in [0.1, 0.15) is 19.3 Å². The Morgan fingerprint density at radius 3 is 2.70 bits per heavy atom. The molecule has 1 amide bonds. The summed E-state index contributed by atoms with van der Waals surface area (Å²) in [4.78, 5) is 11.3. The Balaban J connectivity index is 1.89. The van der Waals surface area contributed by atoms with Gasteiger partial charge < -0.3 is 11.1 Å². The molecule has 1 aromatic rings. The van der Waals surface area contributed by atoms with Gasteiger partial charge in [0, 0.05) is 19.0 Å². The van der Waals surface area contributed by atoms with Crippen LogP contribution in [0.4, 0.5) is 10.1 Å². The summed E-state index contributed by atoms with van der Waals surface area (Å²) in [5.41, 5.74) is 5.09. The van der Waals surface area contributed by atoms with E-state index in [0.717, 1.165) is 31.0 Å². The Morgan fingerprint density at radius 1 is 1.40 bits per heavy atom. The molecule has 110 valence electrons. The van der Waals surface area contributed by atoms with Gasteiger partial charge in [-0.2, -0.15) is 0 Å². The number of amides is 1. The van der Waals surface area contributed by atoms with Gasteiger partial charge in [0.2, 0.25) is 15.9 Å². The average molecular weight is 301 g/mol. The molecule has 1 aliphatic carbocycles. The van der Waals surface area contributed by atoms with E-state index in [-0.39, 0.29) is 35.5 Å². The van der Waals surface area contributed by atoms with Crippen molar-refractivity contribution in [1.29, 1.82) is 0 Å². The Bertz CT molecular complexity index is 614. The number of sulfonamides is 1. The summed E-state index contributed by atoms with van der Waals surface area (Å²) < 4.78 is 39.0. The number of carbonyl (C=O) groups is 1. The molecule has 0 radical (unpaired) electrons. The van der Waals surface area contributed by atoms with E-state index in [0.29, 0.717) is 0 Å². The van der Waals surface area contributed by atoms with E-state index in [1.165, 1.54) is 0 Å². The van der Waals surface area contributed by atoms with Crippen LogP contribution in [0.3, 0.4) is 0 Å². The molecule has 1 aromatic carbocycles. The molecule has 0 saturated heterocycles. The van der Waals surface area contributed by atoms with Crippen molar-refractivity contribution in [3.63, 3.8) is 0 Å². The summed E-state index contributed by atoms with van der Waals surface area (Å²) >= 11 is 0. The quantitative estimate of drug-likeness (QED) is 0.660. The van der Waals surface area contributed by atoms with Crippen LogP contribution in [0, 0.1) is 5.82 Å². The van der Waals surface area contributed by atoms with Gasteiger partial charge >= 0.3 is 0 Å². The van der Waals surface area contributed by atoms with Gasteiger partial charge in [0.05, 0.1) is 10.6 Å². The zero-order valence-corrected chi connectivity index (χ0v) is 11.5. The van der Waals surface area contributed by atoms with Crippen molar-refractivity contribution in [2.24, 2.45) is 0 Å². The minimum absolute atomic E-state index is 0.0157. The van der Waals surface area contributed by atoms with E-state index >= 15 is 0 Å². The smallest absolute Gasteiger partial charge is 0.240 e. The molecule has 0 heterocycles. The molecule has 0 spiro atoms. The fourth-order valence-corrected chi connectivity index (χ4v) is 2.67. The lowest BCUT2D eigenvalue weighted by Gasteiger charge is -2.08. The van der Waals surface area contributed by atoms with Gasteiger partial charge in [-0.05, 0) is 31.0 Å². The highest BCUT2D eigenvalue weighted by Crippen LogP contribution is 2.18. The SMILES string of the molecule is Nc1cc(S(=O)(=O)NCCC(=O)NC2CC2)ccc1F. The topological polar surface area (TPSA) is 101 Å². The normalized spacial score (nSPS) is 15.1. The number of anilines is 1. The van der Waals surface area contributed by atoms with Crippen molar-refractivity contribution >= 4 is 21.6 Å². The van der Waals surface area contributed by atoms with E-state index in [9.17, 15) is 17.6 Å². The molecule has 4 N–H and O–H groups in total. The van der Waals surface area contributed by atoms with Crippen molar-refractivity contribution in [2.75, 3.05) is 12.3 Å². The molecule has 0 atom stereocenters. The highest BCUT2D eigenvalue weighted by Gasteiger charge is 2.23. The van der Waals surface area contributed by atoms with Gasteiger partial charge in [-0.15, -0.1) is 0 Å². The predicted molar refractivity (Wildman–Crippen MR) is 71.8 cm³/mol. The van der Waals surface area contributed by atoms with Crippen LogP contribution in [0.25, 0.3) is 0 Å². The molecule has 20 heavy (non-hydrogen) atoms. The largest absolute Gasteiger partial charge is 0.396 e. The highest BCUT2D eigenvalue weighted by molar-refractivity contribution is 7.89. The Morgan fingerprint density at radius 2 is 2.10 bits per heavy atom. The molecule has 1 fully saturated rings. The second kappa shape index (κ2) is 5.76. The molecule has 2 rings (SSSR count). The number of rotatable bonds is 6. The van der Waals surface area contributed by atoms with Gasteiger partial charge in [0.15, 0.2) is 0 Å². The summed E-state index contributed by atoms with van der Waals surface area (Å²) in [5.74, 6) is -0.860. The molecule has 6 nitrogen and oxygen atoms in total. The predicted octanol–water partition coefficient (Wildman–Crippen LogP) is 0.355. The first-order valence-electron chi connectivity index (χ1n) is 6.22. The molecular formula is C12H16FN3O3S. The van der Waals surface area contributed by atoms with Crippen molar-refractivity contribution in [2.45, 2.75) is 30.2 Å². The highest BCUT2D eigenvalue weighted by atomic mass is 32.2. The summed E-state index contributed by atoms with van der Waals surface area (Å²) in [7, 11) is -3.78. The molecule has 0 aliphatic heterocycles. The molecule has 1 aliphatic rings. The minimum atomic E-state index is -3.78. The first kappa shape index (κ1) is 14.7. The third-order valence-corrected chi connectivity index (χ3v) is 4.32. The third kappa shape index (κ3) is 3.91. The van der Waals surface area contributed by atoms with Crippen molar-refractivity contribution < 1.29 is 17.6 Å². The Labute approximate surface area is 116 Å². The molecule has 0 unspecified atom stereocenters. The summed E-state index contributed by atoms with van der Waals surface area (Å²) in [5, 5.41) is 2.75. The number of benzene rings is 1. The number of hydrogen-bond donors (Lipinski definition) is 3. The zero-order chi connectivity index (χ0) is 14.8. The second-order valence-corrected chi connectivity index (χ2v) is 6.44. The van der Waals surface area contributed by atoms with Crippen LogP contribution in [0.15, 0.2) is 23.1 Å². The first-order chi connectivity index (χ1) is 9.38. The molecular weight excluding hydrogens is 285 g/mol. The van der Waals surface area contributed by atoms with Crippen LogP contribution in [-0.4, -0.2) is 26.9 Å². The lowest BCUT2D eigenvalue weighted by atomic mass is 10.3. The fraction of sp³-hybridized carbons (Fsp3) is 0.417. The fourth-order valence-electron chi connectivity index (χ4n) is 1.60. The van der Waals surface area contributed by atoms with Gasteiger partial charge in [-0.25, -0.2) is 17.5 Å². The maximum absolute atomic E-state index is 13.0. The van der Waals surface area contributed by atoms with Crippen LogP contribution in [0.5, 0.6) is 0 Å². The summed E-state index contributed by atoms with van der Waals surface area (Å²) in [6, 6.07) is 3.40. The van der Waals surface area contributed by atoms with Crippen LogP contribution < -0.4 is 15.8 Å². The number of nitrogens with one attached hydrogen (secondary N) is 2. The van der Waals surface area contributed by atoms with E-state index in [1.54, 1.807) is 0 Å². The Hall–Kier alpha value is -1.67. The molecule has 0 aromatic heterocycles. The molecule has 1 saturated carbocycles. The average Bonchev–Trinajstić information content (AvgIpc) is 3.16. The van der Waals surface area contributed by atoms with Crippen molar-refractivity contribution in [3.05, 3.63) is 24.0 Å². The maximum Gasteiger partial charge on any atom is 0.240 e. The monoisotopic (exact) mass is 301 g/mol. The summed E-state index contributed by atoms with van der Waals surface area (Å²) in [6.07, 6.45) is 2.02. The Kier molecular flexibility index (Phi) is 4.24. The van der Waals surface area contributed by atoms with E-state index in [4.69, 9.17) is 5.73 Å². The molecule has 0 bridgehead atoms. The third-order valence-electron chi connectivity index (χ3n) is 2.86. The van der Waals surface area contributed by atoms with Gasteiger partial charge in [0.1, 0.15) is 5.82 Å². The number of carbonyl (C=O) groups excluding carboxylic acids is 1. The van der Waals surface area contributed by atoms with E-state index in [1.807, 2.05) is 0 Å². The van der Waals surface area contributed by atoms with Gasteiger partial charge in [-0.1, -0.05) is 0 Å². The van der Waals surface area contributed by atoms with Gasteiger partial charge in [-0.3, -0.25) is 4.79 Å².